The number of nitrogens with one attached hydrogen (secondary N) is 1. The van der Waals surface area contributed by atoms with Crippen molar-refractivity contribution < 1.29 is 4.74 Å². The number of ether oxygens (including phenoxy) is 1. The van der Waals surface area contributed by atoms with Gasteiger partial charge in [-0.15, -0.1) is 11.3 Å². The van der Waals surface area contributed by atoms with Gasteiger partial charge in [-0.1, -0.05) is 27.2 Å². The fraction of sp³-hybridized carbons (Fsp3) is 0.812. The van der Waals surface area contributed by atoms with Crippen LogP contribution in [0.4, 0.5) is 5.13 Å². The standard InChI is InChI=1S/C16H29N3OS/c1-5-6-14-15(10-17-9-12(2)3)21-16(18-14)19-8-7-13(11-19)20-4/h12-13,17H,5-11H2,1-4H3. The number of hydrogen-bond donors (Lipinski definition) is 1. The van der Waals surface area contributed by atoms with E-state index in [1.165, 1.54) is 15.7 Å². The molecule has 1 unspecified atom stereocenters. The van der Waals surface area contributed by atoms with Crippen LogP contribution in [0, 0.1) is 5.92 Å². The number of methoxy groups -OCH3 is 1. The maximum atomic E-state index is 5.46. The zero-order valence-electron chi connectivity index (χ0n) is 13.8. The fourth-order valence-corrected chi connectivity index (χ4v) is 3.75. The Morgan fingerprint density at radius 3 is 2.90 bits per heavy atom. The van der Waals surface area contributed by atoms with Crippen molar-refractivity contribution in [2.24, 2.45) is 5.92 Å². The van der Waals surface area contributed by atoms with Gasteiger partial charge in [-0.3, -0.25) is 0 Å². The van der Waals surface area contributed by atoms with Gasteiger partial charge in [-0.05, 0) is 25.3 Å². The van der Waals surface area contributed by atoms with Gasteiger partial charge in [0.15, 0.2) is 5.13 Å². The second kappa shape index (κ2) is 8.11. The second-order valence-corrected chi connectivity index (χ2v) is 7.30. The zero-order chi connectivity index (χ0) is 15.2. The highest BCUT2D eigenvalue weighted by atomic mass is 32.1. The monoisotopic (exact) mass is 311 g/mol. The minimum Gasteiger partial charge on any atom is -0.380 e. The molecule has 1 N–H and O–H groups in total. The third-order valence-corrected chi connectivity index (χ3v) is 5.00. The van der Waals surface area contributed by atoms with Crippen LogP contribution in [-0.2, 0) is 17.7 Å². The molecule has 0 radical (unpaired) electrons. The topological polar surface area (TPSA) is 37.4 Å². The van der Waals surface area contributed by atoms with Crippen LogP contribution in [0.25, 0.3) is 0 Å². The molecule has 1 fully saturated rings. The smallest absolute Gasteiger partial charge is 0.185 e. The lowest BCUT2D eigenvalue weighted by Gasteiger charge is -2.13. The summed E-state index contributed by atoms with van der Waals surface area (Å²) in [5.74, 6) is 0.688. The number of rotatable bonds is 8. The molecule has 2 rings (SSSR count). The van der Waals surface area contributed by atoms with Gasteiger partial charge in [0.05, 0.1) is 11.8 Å². The average Bonchev–Trinajstić information content (AvgIpc) is 3.06. The van der Waals surface area contributed by atoms with Crippen LogP contribution in [-0.4, -0.2) is 37.8 Å². The summed E-state index contributed by atoms with van der Waals surface area (Å²) in [6.45, 7) is 10.8. The lowest BCUT2D eigenvalue weighted by atomic mass is 10.2. The molecule has 0 amide bonds. The van der Waals surface area contributed by atoms with Crippen molar-refractivity contribution in [1.82, 2.24) is 10.3 Å². The summed E-state index contributed by atoms with van der Waals surface area (Å²) < 4.78 is 5.46. The third kappa shape index (κ3) is 4.66. The number of nitrogens with zero attached hydrogens (tertiary/aromatic N) is 2. The van der Waals surface area contributed by atoms with Gasteiger partial charge < -0.3 is 15.0 Å². The molecule has 120 valence electrons. The van der Waals surface area contributed by atoms with E-state index in [9.17, 15) is 0 Å². The van der Waals surface area contributed by atoms with E-state index in [1.54, 1.807) is 7.11 Å². The Bertz CT molecular complexity index is 433. The van der Waals surface area contributed by atoms with Crippen LogP contribution in [0.3, 0.4) is 0 Å². The third-order valence-electron chi connectivity index (χ3n) is 3.84. The Hall–Kier alpha value is -0.650. The summed E-state index contributed by atoms with van der Waals surface area (Å²) in [6.07, 6.45) is 3.71. The molecular weight excluding hydrogens is 282 g/mol. The zero-order valence-corrected chi connectivity index (χ0v) is 14.6. The van der Waals surface area contributed by atoms with Crippen LogP contribution in [0.15, 0.2) is 0 Å². The molecule has 0 aliphatic carbocycles. The number of aromatic nitrogens is 1. The van der Waals surface area contributed by atoms with Crippen LogP contribution < -0.4 is 10.2 Å². The fourth-order valence-electron chi connectivity index (χ4n) is 2.64. The van der Waals surface area contributed by atoms with Gasteiger partial charge in [-0.2, -0.15) is 0 Å². The van der Waals surface area contributed by atoms with Crippen LogP contribution >= 0.6 is 11.3 Å². The largest absolute Gasteiger partial charge is 0.380 e. The molecule has 5 heteroatoms. The summed E-state index contributed by atoms with van der Waals surface area (Å²) in [5.41, 5.74) is 1.29. The number of hydrogen-bond acceptors (Lipinski definition) is 5. The first-order valence-corrected chi connectivity index (χ1v) is 8.92. The summed E-state index contributed by atoms with van der Waals surface area (Å²) in [5, 5.41) is 4.73. The summed E-state index contributed by atoms with van der Waals surface area (Å²) in [6, 6.07) is 0. The van der Waals surface area contributed by atoms with E-state index in [1.807, 2.05) is 11.3 Å². The number of anilines is 1. The van der Waals surface area contributed by atoms with E-state index in [0.717, 1.165) is 45.4 Å². The molecule has 1 aromatic rings. The van der Waals surface area contributed by atoms with E-state index in [4.69, 9.17) is 9.72 Å². The first-order chi connectivity index (χ1) is 10.1. The quantitative estimate of drug-likeness (QED) is 0.800. The summed E-state index contributed by atoms with van der Waals surface area (Å²) in [7, 11) is 1.81. The predicted molar refractivity (Wildman–Crippen MR) is 90.3 cm³/mol. The van der Waals surface area contributed by atoms with Crippen molar-refractivity contribution in [3.63, 3.8) is 0 Å². The number of aryl methyl sites for hydroxylation is 1. The van der Waals surface area contributed by atoms with E-state index >= 15 is 0 Å². The van der Waals surface area contributed by atoms with E-state index < -0.39 is 0 Å². The first-order valence-electron chi connectivity index (χ1n) is 8.11. The van der Waals surface area contributed by atoms with Crippen molar-refractivity contribution >= 4 is 16.5 Å². The molecule has 1 saturated heterocycles. The van der Waals surface area contributed by atoms with Gasteiger partial charge in [0.2, 0.25) is 0 Å². The highest BCUT2D eigenvalue weighted by molar-refractivity contribution is 7.15. The molecule has 0 spiro atoms. The second-order valence-electron chi connectivity index (χ2n) is 6.23. The minimum absolute atomic E-state index is 0.367. The van der Waals surface area contributed by atoms with Crippen molar-refractivity contribution in [3.05, 3.63) is 10.6 Å². The lowest BCUT2D eigenvalue weighted by Crippen LogP contribution is -2.21. The van der Waals surface area contributed by atoms with Crippen molar-refractivity contribution in [2.75, 3.05) is 31.6 Å². The molecule has 0 bridgehead atoms. The van der Waals surface area contributed by atoms with E-state index in [-0.39, 0.29) is 0 Å². The highest BCUT2D eigenvalue weighted by Crippen LogP contribution is 2.30. The Morgan fingerprint density at radius 1 is 1.48 bits per heavy atom. The van der Waals surface area contributed by atoms with Crippen LogP contribution in [0.5, 0.6) is 0 Å². The normalized spacial score (nSPS) is 18.9. The van der Waals surface area contributed by atoms with Crippen LogP contribution in [0.2, 0.25) is 0 Å². The molecule has 2 heterocycles. The Balaban J connectivity index is 2.02. The molecule has 1 aliphatic rings. The van der Waals surface area contributed by atoms with Gasteiger partial charge in [0, 0.05) is 31.6 Å². The van der Waals surface area contributed by atoms with Gasteiger partial charge in [0.25, 0.3) is 0 Å². The van der Waals surface area contributed by atoms with E-state index in [0.29, 0.717) is 12.0 Å². The highest BCUT2D eigenvalue weighted by Gasteiger charge is 2.25. The molecule has 0 aromatic carbocycles. The maximum Gasteiger partial charge on any atom is 0.185 e. The molecule has 4 nitrogen and oxygen atoms in total. The van der Waals surface area contributed by atoms with Gasteiger partial charge in [0.1, 0.15) is 0 Å². The molecule has 1 atom stereocenters. The molecule has 21 heavy (non-hydrogen) atoms. The summed E-state index contributed by atoms with van der Waals surface area (Å²) >= 11 is 1.86. The Labute approximate surface area is 132 Å². The molecule has 1 aliphatic heterocycles. The Kier molecular flexibility index (Phi) is 6.45. The summed E-state index contributed by atoms with van der Waals surface area (Å²) in [4.78, 5) is 8.69. The van der Waals surface area contributed by atoms with E-state index in [2.05, 4.69) is 31.0 Å². The maximum absolute atomic E-state index is 5.46. The average molecular weight is 311 g/mol. The van der Waals surface area contributed by atoms with Gasteiger partial charge >= 0.3 is 0 Å². The minimum atomic E-state index is 0.367. The van der Waals surface area contributed by atoms with Crippen molar-refractivity contribution in [1.29, 1.82) is 0 Å². The lowest BCUT2D eigenvalue weighted by molar-refractivity contribution is 0.121. The molecular formula is C16H29N3OS. The molecule has 1 aromatic heterocycles. The molecule has 0 saturated carbocycles. The number of thiazole rings is 1. The van der Waals surface area contributed by atoms with Crippen LogP contribution in [0.1, 0.15) is 44.2 Å². The SMILES string of the molecule is CCCc1nc(N2CCC(OC)C2)sc1CNCC(C)C. The van der Waals surface area contributed by atoms with Gasteiger partial charge in [-0.25, -0.2) is 4.98 Å². The van der Waals surface area contributed by atoms with Crippen molar-refractivity contribution in [3.8, 4) is 0 Å². The van der Waals surface area contributed by atoms with Crippen molar-refractivity contribution in [2.45, 2.75) is 52.7 Å². The first kappa shape index (κ1) is 16.7. The Morgan fingerprint density at radius 2 is 2.29 bits per heavy atom. The predicted octanol–water partition coefficient (Wildman–Crippen LogP) is 3.07.